The first kappa shape index (κ1) is 10.2. The number of rotatable bonds is 2. The number of carbonyl (C=O) groups is 1. The monoisotopic (exact) mass is 210 g/mol. The van der Waals surface area contributed by atoms with E-state index in [0.717, 1.165) is 10.8 Å². The van der Waals surface area contributed by atoms with Crippen molar-refractivity contribution in [3.63, 3.8) is 0 Å². The summed E-state index contributed by atoms with van der Waals surface area (Å²) in [4.78, 5) is 15.8. The summed E-state index contributed by atoms with van der Waals surface area (Å²) in [5, 5.41) is 4.43. The number of hydrogen-bond donors (Lipinski definition) is 1. The van der Waals surface area contributed by atoms with Crippen LogP contribution in [0, 0.1) is 12.3 Å². The topological polar surface area (TPSA) is 42.0 Å². The van der Waals surface area contributed by atoms with E-state index in [9.17, 15) is 4.79 Å². The van der Waals surface area contributed by atoms with Gasteiger partial charge in [-0.2, -0.15) is 0 Å². The van der Waals surface area contributed by atoms with Crippen molar-refractivity contribution in [2.45, 2.75) is 0 Å². The van der Waals surface area contributed by atoms with Crippen molar-refractivity contribution in [3.05, 3.63) is 42.2 Å². The van der Waals surface area contributed by atoms with E-state index in [4.69, 9.17) is 6.42 Å². The fraction of sp³-hybridized carbons (Fsp3) is 0.0769. The zero-order valence-corrected chi connectivity index (χ0v) is 8.60. The molecule has 1 aromatic heterocycles. The Balaban J connectivity index is 2.45. The van der Waals surface area contributed by atoms with Gasteiger partial charge in [-0.1, -0.05) is 30.2 Å². The molecule has 1 heterocycles. The zero-order valence-electron chi connectivity index (χ0n) is 8.60. The van der Waals surface area contributed by atoms with Crippen LogP contribution in [0.4, 0.5) is 0 Å². The molecule has 16 heavy (non-hydrogen) atoms. The molecule has 0 radical (unpaired) electrons. The molecule has 78 valence electrons. The van der Waals surface area contributed by atoms with Crippen LogP contribution in [0.1, 0.15) is 10.5 Å². The SMILES string of the molecule is C#CCNC(=O)c1nccc2ccccc12. The molecule has 0 bridgehead atoms. The lowest BCUT2D eigenvalue weighted by Gasteiger charge is -2.04. The summed E-state index contributed by atoms with van der Waals surface area (Å²) in [5.41, 5.74) is 0.411. The van der Waals surface area contributed by atoms with Gasteiger partial charge in [-0.3, -0.25) is 9.78 Å². The molecule has 3 nitrogen and oxygen atoms in total. The third kappa shape index (κ3) is 1.86. The van der Waals surface area contributed by atoms with Crippen molar-refractivity contribution < 1.29 is 4.79 Å². The summed E-state index contributed by atoms with van der Waals surface area (Å²) >= 11 is 0. The smallest absolute Gasteiger partial charge is 0.271 e. The number of nitrogens with zero attached hydrogens (tertiary/aromatic N) is 1. The molecule has 0 saturated heterocycles. The molecular formula is C13H10N2O. The summed E-state index contributed by atoms with van der Waals surface area (Å²) < 4.78 is 0. The van der Waals surface area contributed by atoms with Gasteiger partial charge < -0.3 is 5.32 Å². The van der Waals surface area contributed by atoms with Gasteiger partial charge in [0.2, 0.25) is 0 Å². The summed E-state index contributed by atoms with van der Waals surface area (Å²) in [6.45, 7) is 0.212. The summed E-state index contributed by atoms with van der Waals surface area (Å²) in [5.74, 6) is 2.12. The molecular weight excluding hydrogens is 200 g/mol. The van der Waals surface area contributed by atoms with E-state index < -0.39 is 0 Å². The van der Waals surface area contributed by atoms with Gasteiger partial charge in [-0.05, 0) is 11.5 Å². The lowest BCUT2D eigenvalue weighted by atomic mass is 10.1. The number of hydrogen-bond acceptors (Lipinski definition) is 2. The number of carbonyl (C=O) groups excluding carboxylic acids is 1. The first-order chi connectivity index (χ1) is 7.83. The lowest BCUT2D eigenvalue weighted by Crippen LogP contribution is -2.24. The molecule has 3 heteroatoms. The van der Waals surface area contributed by atoms with Gasteiger partial charge in [0.25, 0.3) is 5.91 Å². The van der Waals surface area contributed by atoms with Crippen LogP contribution in [0.25, 0.3) is 10.8 Å². The second-order valence-corrected chi connectivity index (χ2v) is 3.27. The largest absolute Gasteiger partial charge is 0.340 e. The van der Waals surface area contributed by atoms with Crippen molar-refractivity contribution in [2.24, 2.45) is 0 Å². The van der Waals surface area contributed by atoms with Crippen LogP contribution in [0.15, 0.2) is 36.5 Å². The van der Waals surface area contributed by atoms with Gasteiger partial charge >= 0.3 is 0 Å². The van der Waals surface area contributed by atoms with Crippen LogP contribution in [0.3, 0.4) is 0 Å². The standard InChI is InChI=1S/C13H10N2O/c1-2-8-15-13(16)12-11-6-4-3-5-10(11)7-9-14-12/h1,3-7,9H,8H2,(H,15,16). The summed E-state index contributed by atoms with van der Waals surface area (Å²) in [7, 11) is 0. The van der Waals surface area contributed by atoms with Crippen LogP contribution < -0.4 is 5.32 Å². The summed E-state index contributed by atoms with van der Waals surface area (Å²) in [6.07, 6.45) is 6.70. The Kier molecular flexibility index (Phi) is 2.84. The Labute approximate surface area is 93.5 Å². The highest BCUT2D eigenvalue weighted by Crippen LogP contribution is 2.15. The van der Waals surface area contributed by atoms with Crippen LogP contribution >= 0.6 is 0 Å². The molecule has 0 aliphatic carbocycles. The number of aromatic nitrogens is 1. The average Bonchev–Trinajstić information content (AvgIpc) is 2.35. The molecule has 1 amide bonds. The highest BCUT2D eigenvalue weighted by atomic mass is 16.1. The molecule has 2 rings (SSSR count). The Morgan fingerprint density at radius 2 is 2.19 bits per heavy atom. The lowest BCUT2D eigenvalue weighted by molar-refractivity contribution is 0.0955. The number of nitrogens with one attached hydrogen (secondary N) is 1. The summed E-state index contributed by atoms with van der Waals surface area (Å²) in [6, 6.07) is 9.48. The minimum atomic E-state index is -0.241. The molecule has 0 saturated carbocycles. The third-order valence-electron chi connectivity index (χ3n) is 2.24. The molecule has 0 aliphatic rings. The quantitative estimate of drug-likeness (QED) is 0.765. The van der Waals surface area contributed by atoms with Gasteiger partial charge in [0, 0.05) is 11.6 Å². The maximum atomic E-state index is 11.7. The second-order valence-electron chi connectivity index (χ2n) is 3.27. The maximum absolute atomic E-state index is 11.7. The highest BCUT2D eigenvalue weighted by Gasteiger charge is 2.09. The minimum absolute atomic E-state index is 0.212. The maximum Gasteiger partial charge on any atom is 0.271 e. The first-order valence-corrected chi connectivity index (χ1v) is 4.88. The predicted octanol–water partition coefficient (Wildman–Crippen LogP) is 1.60. The molecule has 0 fully saturated rings. The van der Waals surface area contributed by atoms with Gasteiger partial charge in [-0.15, -0.1) is 6.42 Å². The number of pyridine rings is 1. The minimum Gasteiger partial charge on any atom is -0.340 e. The van der Waals surface area contributed by atoms with E-state index in [1.165, 1.54) is 0 Å². The van der Waals surface area contributed by atoms with E-state index >= 15 is 0 Å². The molecule has 0 aliphatic heterocycles. The molecule has 2 aromatic rings. The first-order valence-electron chi connectivity index (χ1n) is 4.88. The fourth-order valence-corrected chi connectivity index (χ4v) is 1.52. The van der Waals surface area contributed by atoms with Crippen molar-refractivity contribution in [1.29, 1.82) is 0 Å². The molecule has 0 unspecified atom stereocenters. The van der Waals surface area contributed by atoms with Crippen molar-refractivity contribution >= 4 is 16.7 Å². The van der Waals surface area contributed by atoms with Gasteiger partial charge in [0.15, 0.2) is 0 Å². The van der Waals surface area contributed by atoms with Crippen molar-refractivity contribution in [3.8, 4) is 12.3 Å². The Morgan fingerprint density at radius 3 is 3.00 bits per heavy atom. The second kappa shape index (κ2) is 4.45. The average molecular weight is 210 g/mol. The Morgan fingerprint density at radius 1 is 1.38 bits per heavy atom. The van der Waals surface area contributed by atoms with E-state index in [1.807, 2.05) is 30.3 Å². The number of fused-ring (bicyclic) bond motifs is 1. The number of benzene rings is 1. The molecule has 0 atom stereocenters. The van der Waals surface area contributed by atoms with Crippen molar-refractivity contribution in [2.75, 3.05) is 6.54 Å². The normalized spacial score (nSPS) is 9.69. The Bertz CT molecular complexity index is 564. The van der Waals surface area contributed by atoms with E-state index in [0.29, 0.717) is 5.69 Å². The van der Waals surface area contributed by atoms with Gasteiger partial charge in [-0.25, -0.2) is 0 Å². The fourth-order valence-electron chi connectivity index (χ4n) is 1.52. The van der Waals surface area contributed by atoms with E-state index in [-0.39, 0.29) is 12.5 Å². The number of terminal acetylenes is 1. The molecule has 1 N–H and O–H groups in total. The van der Waals surface area contributed by atoms with Crippen LogP contribution in [0.2, 0.25) is 0 Å². The van der Waals surface area contributed by atoms with Crippen molar-refractivity contribution in [1.82, 2.24) is 10.3 Å². The van der Waals surface area contributed by atoms with Crippen LogP contribution in [0.5, 0.6) is 0 Å². The van der Waals surface area contributed by atoms with Gasteiger partial charge in [0.05, 0.1) is 6.54 Å². The van der Waals surface area contributed by atoms with Crippen LogP contribution in [-0.2, 0) is 0 Å². The predicted molar refractivity (Wildman–Crippen MR) is 62.9 cm³/mol. The van der Waals surface area contributed by atoms with E-state index in [2.05, 4.69) is 16.2 Å². The van der Waals surface area contributed by atoms with Crippen LogP contribution in [-0.4, -0.2) is 17.4 Å². The van der Waals surface area contributed by atoms with E-state index in [1.54, 1.807) is 6.20 Å². The molecule has 0 spiro atoms. The number of amides is 1. The Hall–Kier alpha value is -2.34. The zero-order chi connectivity index (χ0) is 11.4. The highest BCUT2D eigenvalue weighted by molar-refractivity contribution is 6.05. The third-order valence-corrected chi connectivity index (χ3v) is 2.24. The molecule has 1 aromatic carbocycles. The van der Waals surface area contributed by atoms with Gasteiger partial charge in [0.1, 0.15) is 5.69 Å².